The molecule has 2 N–H and O–H groups in total. The summed E-state index contributed by atoms with van der Waals surface area (Å²) in [6.45, 7) is 3.33. The zero-order valence-corrected chi connectivity index (χ0v) is 16.4. The van der Waals surface area contributed by atoms with E-state index in [1.807, 2.05) is 61.5 Å². The summed E-state index contributed by atoms with van der Waals surface area (Å²) in [5, 5.41) is 5.39. The lowest BCUT2D eigenvalue weighted by Gasteiger charge is -2.22. The summed E-state index contributed by atoms with van der Waals surface area (Å²) < 4.78 is 4.85. The van der Waals surface area contributed by atoms with Gasteiger partial charge in [0.1, 0.15) is 12.1 Å². The van der Waals surface area contributed by atoms with Crippen LogP contribution in [0.15, 0.2) is 54.6 Å². The number of hydrogen-bond donors (Lipinski definition) is 2. The van der Waals surface area contributed by atoms with E-state index in [1.54, 1.807) is 0 Å². The van der Waals surface area contributed by atoms with Gasteiger partial charge in [-0.1, -0.05) is 60.2 Å². The smallest absolute Gasteiger partial charge is 0.328 e. The number of rotatable bonds is 8. The van der Waals surface area contributed by atoms with E-state index in [0.717, 1.165) is 16.7 Å². The second-order valence-corrected chi connectivity index (χ2v) is 6.72. The minimum Gasteiger partial charge on any atom is -0.467 e. The molecule has 0 aromatic heterocycles. The van der Waals surface area contributed by atoms with Crippen LogP contribution in [-0.4, -0.2) is 37.0 Å². The first-order valence-corrected chi connectivity index (χ1v) is 9.14. The van der Waals surface area contributed by atoms with Crippen molar-refractivity contribution in [2.75, 3.05) is 7.11 Å². The van der Waals surface area contributed by atoms with Crippen LogP contribution in [-0.2, 0) is 32.0 Å². The summed E-state index contributed by atoms with van der Waals surface area (Å²) in [6, 6.07) is 15.5. The van der Waals surface area contributed by atoms with Crippen molar-refractivity contribution in [2.45, 2.75) is 38.8 Å². The summed E-state index contributed by atoms with van der Waals surface area (Å²) in [4.78, 5) is 36.6. The van der Waals surface area contributed by atoms with Gasteiger partial charge >= 0.3 is 5.97 Å². The highest BCUT2D eigenvalue weighted by Gasteiger charge is 2.27. The van der Waals surface area contributed by atoms with Crippen LogP contribution in [0, 0.1) is 6.92 Å². The van der Waals surface area contributed by atoms with Gasteiger partial charge in [-0.15, -0.1) is 0 Å². The number of carbonyl (C=O) groups is 3. The fraction of sp³-hybridized carbons (Fsp3) is 0.318. The first kappa shape index (κ1) is 21.2. The molecule has 0 saturated heterocycles. The predicted octanol–water partition coefficient (Wildman–Crippen LogP) is 1.94. The minimum absolute atomic E-state index is 0.302. The average Bonchev–Trinajstić information content (AvgIpc) is 2.68. The summed E-state index contributed by atoms with van der Waals surface area (Å²) >= 11 is 0. The Morgan fingerprint density at radius 1 is 0.857 bits per heavy atom. The fourth-order valence-electron chi connectivity index (χ4n) is 2.87. The number of aryl methyl sites for hydroxylation is 1. The van der Waals surface area contributed by atoms with Crippen molar-refractivity contribution in [3.63, 3.8) is 0 Å². The van der Waals surface area contributed by atoms with Gasteiger partial charge in [-0.05, 0) is 18.1 Å². The molecule has 2 aromatic rings. The number of methoxy groups -OCH3 is 1. The summed E-state index contributed by atoms with van der Waals surface area (Å²) in [5.74, 6) is -1.28. The van der Waals surface area contributed by atoms with E-state index in [1.165, 1.54) is 14.0 Å². The van der Waals surface area contributed by atoms with Crippen molar-refractivity contribution in [3.8, 4) is 0 Å². The van der Waals surface area contributed by atoms with Gasteiger partial charge in [0.15, 0.2) is 0 Å². The number of benzene rings is 2. The van der Waals surface area contributed by atoms with Gasteiger partial charge in [0, 0.05) is 19.8 Å². The molecule has 0 spiro atoms. The summed E-state index contributed by atoms with van der Waals surface area (Å²) in [5.41, 5.74) is 2.92. The molecular formula is C22H26N2O4. The molecule has 0 bridgehead atoms. The van der Waals surface area contributed by atoms with Gasteiger partial charge < -0.3 is 15.4 Å². The third kappa shape index (κ3) is 6.54. The Labute approximate surface area is 165 Å². The van der Waals surface area contributed by atoms with Crippen LogP contribution < -0.4 is 10.6 Å². The zero-order valence-electron chi connectivity index (χ0n) is 16.4. The lowest BCUT2D eigenvalue weighted by molar-refractivity contribution is -0.145. The van der Waals surface area contributed by atoms with Crippen molar-refractivity contribution < 1.29 is 19.1 Å². The van der Waals surface area contributed by atoms with E-state index < -0.39 is 24.0 Å². The van der Waals surface area contributed by atoms with Gasteiger partial charge in [-0.3, -0.25) is 9.59 Å². The molecule has 2 amide bonds. The Balaban J connectivity index is 2.14. The number of hydrogen-bond acceptors (Lipinski definition) is 4. The van der Waals surface area contributed by atoms with Crippen LogP contribution in [0.25, 0.3) is 0 Å². The normalized spacial score (nSPS) is 12.5. The highest BCUT2D eigenvalue weighted by molar-refractivity contribution is 5.90. The molecule has 2 atom stereocenters. The zero-order chi connectivity index (χ0) is 20.5. The third-order valence-corrected chi connectivity index (χ3v) is 4.34. The molecule has 0 fully saturated rings. The van der Waals surface area contributed by atoms with E-state index in [0.29, 0.717) is 12.8 Å². The van der Waals surface area contributed by atoms with Crippen molar-refractivity contribution in [2.24, 2.45) is 0 Å². The lowest BCUT2D eigenvalue weighted by Crippen LogP contribution is -2.53. The SMILES string of the molecule is COC(=O)[C@H](Cc1ccc(C)cc1)NC(=O)[C@H](Cc1ccccc1)NC(C)=O. The Hall–Kier alpha value is -3.15. The molecule has 0 aliphatic heterocycles. The maximum absolute atomic E-state index is 12.8. The highest BCUT2D eigenvalue weighted by Crippen LogP contribution is 2.09. The van der Waals surface area contributed by atoms with Crippen LogP contribution in [0.4, 0.5) is 0 Å². The lowest BCUT2D eigenvalue weighted by atomic mass is 10.0. The van der Waals surface area contributed by atoms with Crippen molar-refractivity contribution in [1.29, 1.82) is 0 Å². The van der Waals surface area contributed by atoms with Crippen LogP contribution in [0.2, 0.25) is 0 Å². The van der Waals surface area contributed by atoms with Crippen molar-refractivity contribution >= 4 is 17.8 Å². The first-order valence-electron chi connectivity index (χ1n) is 9.14. The number of esters is 1. The van der Waals surface area contributed by atoms with Crippen LogP contribution in [0.1, 0.15) is 23.6 Å². The molecule has 2 aromatic carbocycles. The standard InChI is InChI=1S/C22H26N2O4/c1-15-9-11-18(12-10-15)14-20(22(27)28-3)24-21(26)19(23-16(2)25)13-17-7-5-4-6-8-17/h4-12,19-20H,13-14H2,1-3H3,(H,23,25)(H,24,26)/t19-,20-/m0/s1. The quantitative estimate of drug-likeness (QED) is 0.684. The molecule has 28 heavy (non-hydrogen) atoms. The Morgan fingerprint density at radius 2 is 1.43 bits per heavy atom. The number of amides is 2. The van der Waals surface area contributed by atoms with E-state index in [4.69, 9.17) is 4.74 Å². The maximum atomic E-state index is 12.8. The summed E-state index contributed by atoms with van der Waals surface area (Å²) in [7, 11) is 1.28. The highest BCUT2D eigenvalue weighted by atomic mass is 16.5. The van der Waals surface area contributed by atoms with Gasteiger partial charge in [-0.25, -0.2) is 4.79 Å². The molecule has 0 aliphatic rings. The monoisotopic (exact) mass is 382 g/mol. The fourth-order valence-corrected chi connectivity index (χ4v) is 2.87. The van der Waals surface area contributed by atoms with E-state index in [-0.39, 0.29) is 5.91 Å². The summed E-state index contributed by atoms with van der Waals surface area (Å²) in [6.07, 6.45) is 0.626. The van der Waals surface area contributed by atoms with Gasteiger partial charge in [0.25, 0.3) is 0 Å². The molecule has 0 radical (unpaired) electrons. The van der Waals surface area contributed by atoms with Gasteiger partial charge in [0.05, 0.1) is 7.11 Å². The Morgan fingerprint density at radius 3 is 2.00 bits per heavy atom. The molecule has 0 unspecified atom stereocenters. The topological polar surface area (TPSA) is 84.5 Å². The second-order valence-electron chi connectivity index (χ2n) is 6.72. The van der Waals surface area contributed by atoms with Crippen LogP contribution in [0.3, 0.4) is 0 Å². The van der Waals surface area contributed by atoms with E-state index >= 15 is 0 Å². The number of carbonyl (C=O) groups excluding carboxylic acids is 3. The molecule has 0 saturated carbocycles. The average molecular weight is 382 g/mol. The third-order valence-electron chi connectivity index (χ3n) is 4.34. The van der Waals surface area contributed by atoms with Gasteiger partial charge in [0.2, 0.25) is 11.8 Å². The van der Waals surface area contributed by atoms with E-state index in [2.05, 4.69) is 10.6 Å². The molecule has 6 nitrogen and oxygen atoms in total. The Bertz CT molecular complexity index is 803. The molecule has 0 heterocycles. The predicted molar refractivity (Wildman–Crippen MR) is 107 cm³/mol. The van der Waals surface area contributed by atoms with Crippen molar-refractivity contribution in [1.82, 2.24) is 10.6 Å². The number of ether oxygens (including phenoxy) is 1. The van der Waals surface area contributed by atoms with Crippen LogP contribution >= 0.6 is 0 Å². The molecule has 6 heteroatoms. The van der Waals surface area contributed by atoms with E-state index in [9.17, 15) is 14.4 Å². The van der Waals surface area contributed by atoms with Crippen molar-refractivity contribution in [3.05, 3.63) is 71.3 Å². The second kappa shape index (κ2) is 10.3. The van der Waals surface area contributed by atoms with Gasteiger partial charge in [-0.2, -0.15) is 0 Å². The molecule has 2 rings (SSSR count). The molecular weight excluding hydrogens is 356 g/mol. The molecule has 0 aliphatic carbocycles. The number of nitrogens with one attached hydrogen (secondary N) is 2. The Kier molecular flexibility index (Phi) is 7.75. The largest absolute Gasteiger partial charge is 0.467 e. The molecule has 148 valence electrons. The minimum atomic E-state index is -0.841. The first-order chi connectivity index (χ1) is 13.4. The maximum Gasteiger partial charge on any atom is 0.328 e. The van der Waals surface area contributed by atoms with Crippen LogP contribution in [0.5, 0.6) is 0 Å².